The fraction of sp³-hybridized carbons (Fsp3) is 0.647. The summed E-state index contributed by atoms with van der Waals surface area (Å²) in [6.07, 6.45) is 5.69. The Morgan fingerprint density at radius 3 is 2.10 bits per heavy atom. The number of nitrogens with one attached hydrogen (secondary N) is 1. The molecule has 2 aliphatic carbocycles. The Balaban J connectivity index is 1.53. The molecule has 0 amide bonds. The molecule has 0 spiro atoms. The van der Waals surface area contributed by atoms with Crippen molar-refractivity contribution in [2.45, 2.75) is 44.2 Å². The molecule has 1 aromatic rings. The van der Waals surface area contributed by atoms with E-state index in [1.807, 2.05) is 0 Å². The molecule has 0 radical (unpaired) electrons. The molecule has 1 saturated heterocycles. The van der Waals surface area contributed by atoms with Crippen LogP contribution < -0.4 is 5.32 Å². The first-order valence-corrected chi connectivity index (χ1v) is 9.96. The first kappa shape index (κ1) is 13.8. The Morgan fingerprint density at radius 1 is 0.952 bits per heavy atom. The molecule has 3 unspecified atom stereocenters. The van der Waals surface area contributed by atoms with Crippen LogP contribution >= 0.6 is 0 Å². The molecule has 2 bridgehead atoms. The molecule has 1 saturated carbocycles. The van der Waals surface area contributed by atoms with E-state index in [4.69, 9.17) is 0 Å². The Morgan fingerprint density at radius 2 is 1.57 bits per heavy atom. The average molecular weight is 305 g/mol. The van der Waals surface area contributed by atoms with E-state index < -0.39 is 9.84 Å². The monoisotopic (exact) mass is 305 g/mol. The molecule has 1 heterocycles. The first-order chi connectivity index (χ1) is 10.1. The van der Waals surface area contributed by atoms with Gasteiger partial charge in [0.05, 0.1) is 11.5 Å². The van der Waals surface area contributed by atoms with Gasteiger partial charge in [-0.05, 0) is 55.1 Å². The highest BCUT2D eigenvalue weighted by Crippen LogP contribution is 2.40. The predicted octanol–water partition coefficient (Wildman–Crippen LogP) is 1.96. The molecule has 3 atom stereocenters. The third-order valence-corrected chi connectivity index (χ3v) is 7.44. The minimum atomic E-state index is -2.79. The van der Waals surface area contributed by atoms with Gasteiger partial charge in [-0.15, -0.1) is 0 Å². The quantitative estimate of drug-likeness (QED) is 0.908. The molecule has 1 aromatic carbocycles. The Kier molecular flexibility index (Phi) is 3.34. The lowest BCUT2D eigenvalue weighted by Gasteiger charge is -2.27. The second kappa shape index (κ2) is 5.10. The second-order valence-electron chi connectivity index (χ2n) is 7.07. The van der Waals surface area contributed by atoms with Gasteiger partial charge in [0.25, 0.3) is 0 Å². The fourth-order valence-electron chi connectivity index (χ4n) is 4.62. The van der Waals surface area contributed by atoms with Crippen molar-refractivity contribution in [2.24, 2.45) is 11.8 Å². The fourth-order valence-corrected chi connectivity index (χ4v) is 6.31. The molecule has 1 N–H and O–H groups in total. The molecular weight excluding hydrogens is 282 g/mol. The van der Waals surface area contributed by atoms with E-state index in [9.17, 15) is 8.42 Å². The molecular formula is C17H23NO2S. The van der Waals surface area contributed by atoms with Crippen molar-refractivity contribution < 1.29 is 8.42 Å². The highest BCUT2D eigenvalue weighted by molar-refractivity contribution is 7.91. The van der Waals surface area contributed by atoms with Crippen molar-refractivity contribution in [1.82, 2.24) is 5.32 Å². The lowest BCUT2D eigenvalue weighted by Crippen LogP contribution is -2.44. The summed E-state index contributed by atoms with van der Waals surface area (Å²) in [5, 5.41) is 3.73. The van der Waals surface area contributed by atoms with E-state index in [0.29, 0.717) is 29.4 Å². The molecule has 21 heavy (non-hydrogen) atoms. The van der Waals surface area contributed by atoms with Crippen LogP contribution in [0.25, 0.3) is 0 Å². The van der Waals surface area contributed by atoms with Crippen molar-refractivity contribution >= 4 is 9.84 Å². The van der Waals surface area contributed by atoms with Crippen LogP contribution in [0.3, 0.4) is 0 Å². The summed E-state index contributed by atoms with van der Waals surface area (Å²) in [6, 6.07) is 9.52. The van der Waals surface area contributed by atoms with Crippen molar-refractivity contribution in [1.29, 1.82) is 0 Å². The smallest absolute Gasteiger partial charge is 0.151 e. The molecule has 3 nitrogen and oxygen atoms in total. The maximum atomic E-state index is 11.7. The number of fused-ring (bicyclic) bond motifs is 3. The number of benzene rings is 1. The molecule has 114 valence electrons. The van der Waals surface area contributed by atoms with Gasteiger partial charge in [0.1, 0.15) is 0 Å². The van der Waals surface area contributed by atoms with Crippen molar-refractivity contribution in [3.8, 4) is 0 Å². The van der Waals surface area contributed by atoms with E-state index in [2.05, 4.69) is 29.6 Å². The van der Waals surface area contributed by atoms with Crippen LogP contribution in [0, 0.1) is 11.8 Å². The molecule has 4 heteroatoms. The third kappa shape index (κ3) is 2.64. The molecule has 3 aliphatic rings. The molecule has 2 fully saturated rings. The molecule has 1 aliphatic heterocycles. The minimum absolute atomic E-state index is 0.185. The third-order valence-electron chi connectivity index (χ3n) is 5.67. The summed E-state index contributed by atoms with van der Waals surface area (Å²) in [5.41, 5.74) is 3.02. The largest absolute Gasteiger partial charge is 0.310 e. The maximum Gasteiger partial charge on any atom is 0.151 e. The van der Waals surface area contributed by atoms with Gasteiger partial charge in [-0.3, -0.25) is 0 Å². The van der Waals surface area contributed by atoms with Crippen LogP contribution in [0.4, 0.5) is 0 Å². The van der Waals surface area contributed by atoms with Gasteiger partial charge >= 0.3 is 0 Å². The van der Waals surface area contributed by atoms with Crippen molar-refractivity contribution in [2.75, 3.05) is 11.5 Å². The summed E-state index contributed by atoms with van der Waals surface area (Å²) in [4.78, 5) is 0. The van der Waals surface area contributed by atoms with E-state index in [0.717, 1.165) is 19.3 Å². The van der Waals surface area contributed by atoms with Gasteiger partial charge in [0.2, 0.25) is 0 Å². The van der Waals surface area contributed by atoms with Crippen molar-refractivity contribution in [3.05, 3.63) is 35.4 Å². The lowest BCUT2D eigenvalue weighted by molar-refractivity contribution is 0.314. The highest BCUT2D eigenvalue weighted by Gasteiger charge is 2.41. The van der Waals surface area contributed by atoms with Crippen LogP contribution in [0.5, 0.6) is 0 Å². The van der Waals surface area contributed by atoms with E-state index in [1.54, 1.807) is 0 Å². The maximum absolute atomic E-state index is 11.7. The molecule has 4 rings (SSSR count). The predicted molar refractivity (Wildman–Crippen MR) is 84.0 cm³/mol. The molecule has 0 aromatic heterocycles. The Bertz CT molecular complexity index is 607. The second-order valence-corrected chi connectivity index (χ2v) is 9.30. The zero-order valence-electron chi connectivity index (χ0n) is 12.3. The zero-order chi connectivity index (χ0) is 14.4. The number of sulfone groups is 1. The van der Waals surface area contributed by atoms with Crippen molar-refractivity contribution in [3.63, 3.8) is 0 Å². The summed E-state index contributed by atoms with van der Waals surface area (Å²) in [5.74, 6) is 2.08. The summed E-state index contributed by atoms with van der Waals surface area (Å²) in [6.45, 7) is 0. The van der Waals surface area contributed by atoms with Gasteiger partial charge in [0.15, 0.2) is 9.84 Å². The van der Waals surface area contributed by atoms with Gasteiger partial charge in [-0.1, -0.05) is 24.3 Å². The van der Waals surface area contributed by atoms with E-state index in [-0.39, 0.29) is 6.04 Å². The standard InChI is InChI=1S/C17H23NO2S/c19-21(20)8-7-16(11-21)18-17-14-5-6-15(17)10-13-4-2-1-3-12(13)9-14/h1-4,14-18H,5-11H2. The van der Waals surface area contributed by atoms with Crippen LogP contribution in [-0.4, -0.2) is 32.0 Å². The van der Waals surface area contributed by atoms with Gasteiger partial charge < -0.3 is 5.32 Å². The van der Waals surface area contributed by atoms with E-state index in [1.165, 1.54) is 24.0 Å². The minimum Gasteiger partial charge on any atom is -0.310 e. The summed E-state index contributed by atoms with van der Waals surface area (Å²) < 4.78 is 23.3. The normalized spacial score (nSPS) is 37.1. The number of hydrogen-bond donors (Lipinski definition) is 1. The summed E-state index contributed by atoms with van der Waals surface area (Å²) >= 11 is 0. The van der Waals surface area contributed by atoms with Gasteiger partial charge in [0, 0.05) is 12.1 Å². The SMILES string of the molecule is O=S1(=O)CCC(NC2C3CCC2Cc2ccccc2C3)C1. The average Bonchev–Trinajstić information content (AvgIpc) is 2.90. The first-order valence-electron chi connectivity index (χ1n) is 8.14. The topological polar surface area (TPSA) is 46.2 Å². The van der Waals surface area contributed by atoms with Crippen LogP contribution in [0.15, 0.2) is 24.3 Å². The van der Waals surface area contributed by atoms with Crippen LogP contribution in [0.2, 0.25) is 0 Å². The number of rotatable bonds is 2. The van der Waals surface area contributed by atoms with Crippen LogP contribution in [0.1, 0.15) is 30.4 Å². The Labute approximate surface area is 127 Å². The van der Waals surface area contributed by atoms with Crippen LogP contribution in [-0.2, 0) is 22.7 Å². The highest BCUT2D eigenvalue weighted by atomic mass is 32.2. The lowest BCUT2D eigenvalue weighted by atomic mass is 9.94. The number of hydrogen-bond acceptors (Lipinski definition) is 3. The summed E-state index contributed by atoms with van der Waals surface area (Å²) in [7, 11) is -2.79. The Hall–Kier alpha value is -0.870. The van der Waals surface area contributed by atoms with Gasteiger partial charge in [-0.25, -0.2) is 8.42 Å². The zero-order valence-corrected chi connectivity index (χ0v) is 13.1. The van der Waals surface area contributed by atoms with Gasteiger partial charge in [-0.2, -0.15) is 0 Å². The van der Waals surface area contributed by atoms with E-state index >= 15 is 0 Å².